The maximum atomic E-state index is 12.1. The molecule has 0 aliphatic heterocycles. The van der Waals surface area contributed by atoms with E-state index in [-0.39, 0.29) is 25.0 Å². The molecular formula is C18H17Cl3N2O3. The molecule has 0 unspecified atom stereocenters. The second kappa shape index (κ2) is 9.12. The lowest BCUT2D eigenvalue weighted by atomic mass is 10.2. The van der Waals surface area contributed by atoms with E-state index in [1.165, 1.54) is 18.0 Å². The number of halogens is 3. The fraction of sp³-hybridized carbons (Fsp3) is 0.222. The van der Waals surface area contributed by atoms with Crippen LogP contribution in [0.2, 0.25) is 15.1 Å². The number of rotatable bonds is 6. The standard InChI is InChI=1S/C18H17Cl3N2O3/c1-11-7-13(4-6-14(11)19)26-10-18(25)23(2)9-17(24)22-12-3-5-15(20)16(21)8-12/h3-8H,9-10H2,1-2H3,(H,22,24). The summed E-state index contributed by atoms with van der Waals surface area (Å²) < 4.78 is 5.44. The van der Waals surface area contributed by atoms with E-state index >= 15 is 0 Å². The highest BCUT2D eigenvalue weighted by atomic mass is 35.5. The van der Waals surface area contributed by atoms with Crippen LogP contribution in [0.3, 0.4) is 0 Å². The van der Waals surface area contributed by atoms with Crippen molar-refractivity contribution in [1.29, 1.82) is 0 Å². The topological polar surface area (TPSA) is 58.6 Å². The zero-order valence-corrected chi connectivity index (χ0v) is 16.5. The third-order valence-electron chi connectivity index (χ3n) is 3.50. The van der Waals surface area contributed by atoms with Gasteiger partial charge < -0.3 is 15.0 Å². The summed E-state index contributed by atoms with van der Waals surface area (Å²) in [6.07, 6.45) is 0. The Labute approximate surface area is 166 Å². The van der Waals surface area contributed by atoms with Gasteiger partial charge in [-0.1, -0.05) is 34.8 Å². The highest BCUT2D eigenvalue weighted by molar-refractivity contribution is 6.42. The SMILES string of the molecule is Cc1cc(OCC(=O)N(C)CC(=O)Nc2ccc(Cl)c(Cl)c2)ccc1Cl. The molecule has 0 bridgehead atoms. The predicted molar refractivity (Wildman–Crippen MR) is 104 cm³/mol. The van der Waals surface area contributed by atoms with E-state index in [1.807, 2.05) is 6.92 Å². The van der Waals surface area contributed by atoms with E-state index in [1.54, 1.807) is 30.3 Å². The molecule has 8 heteroatoms. The molecule has 138 valence electrons. The maximum absolute atomic E-state index is 12.1. The van der Waals surface area contributed by atoms with Gasteiger partial charge >= 0.3 is 0 Å². The van der Waals surface area contributed by atoms with E-state index in [2.05, 4.69) is 5.32 Å². The van der Waals surface area contributed by atoms with E-state index in [0.717, 1.165) is 5.56 Å². The Morgan fingerprint density at radius 3 is 2.38 bits per heavy atom. The number of carbonyl (C=O) groups excluding carboxylic acids is 2. The first-order valence-corrected chi connectivity index (χ1v) is 8.77. The van der Waals surface area contributed by atoms with Gasteiger partial charge in [-0.15, -0.1) is 0 Å². The van der Waals surface area contributed by atoms with Gasteiger partial charge in [-0.3, -0.25) is 9.59 Å². The second-order valence-corrected chi connectivity index (χ2v) is 6.85. The van der Waals surface area contributed by atoms with Crippen LogP contribution >= 0.6 is 34.8 Å². The van der Waals surface area contributed by atoms with Crippen LogP contribution in [-0.4, -0.2) is 36.9 Å². The van der Waals surface area contributed by atoms with Crippen molar-refractivity contribution in [2.24, 2.45) is 0 Å². The quantitative estimate of drug-likeness (QED) is 0.759. The summed E-state index contributed by atoms with van der Waals surface area (Å²) in [7, 11) is 1.52. The lowest BCUT2D eigenvalue weighted by molar-refractivity contribution is -0.135. The normalized spacial score (nSPS) is 10.3. The monoisotopic (exact) mass is 414 g/mol. The number of anilines is 1. The Hall–Kier alpha value is -1.95. The van der Waals surface area contributed by atoms with E-state index in [0.29, 0.717) is 26.5 Å². The Morgan fingerprint density at radius 1 is 1.04 bits per heavy atom. The Bertz CT molecular complexity index is 827. The van der Waals surface area contributed by atoms with Gasteiger partial charge in [0.2, 0.25) is 5.91 Å². The molecule has 0 aromatic heterocycles. The number of carbonyl (C=O) groups is 2. The molecule has 0 aliphatic rings. The van der Waals surface area contributed by atoms with Crippen LogP contribution in [0.25, 0.3) is 0 Å². The molecule has 0 saturated heterocycles. The molecule has 0 radical (unpaired) electrons. The van der Waals surface area contributed by atoms with Gasteiger partial charge in [-0.25, -0.2) is 0 Å². The molecule has 0 spiro atoms. The van der Waals surface area contributed by atoms with Crippen molar-refractivity contribution in [2.45, 2.75) is 6.92 Å². The van der Waals surface area contributed by atoms with E-state index < -0.39 is 0 Å². The number of nitrogens with one attached hydrogen (secondary N) is 1. The number of benzene rings is 2. The summed E-state index contributed by atoms with van der Waals surface area (Å²) in [6, 6.07) is 9.86. The number of hydrogen-bond donors (Lipinski definition) is 1. The lowest BCUT2D eigenvalue weighted by Gasteiger charge is -2.17. The predicted octanol–water partition coefficient (Wildman–Crippen LogP) is 4.43. The molecule has 0 atom stereocenters. The number of likely N-dealkylation sites (N-methyl/N-ethyl adjacent to an activating group) is 1. The fourth-order valence-corrected chi connectivity index (χ4v) is 2.46. The molecule has 2 rings (SSSR count). The van der Waals surface area contributed by atoms with Gasteiger partial charge in [-0.2, -0.15) is 0 Å². The molecule has 0 heterocycles. The van der Waals surface area contributed by atoms with Gasteiger partial charge in [0.05, 0.1) is 16.6 Å². The summed E-state index contributed by atoms with van der Waals surface area (Å²) in [6.45, 7) is 1.54. The summed E-state index contributed by atoms with van der Waals surface area (Å²) in [5.74, 6) is -0.155. The zero-order chi connectivity index (χ0) is 19.3. The molecule has 0 saturated carbocycles. The largest absolute Gasteiger partial charge is 0.484 e. The third-order valence-corrected chi connectivity index (χ3v) is 4.66. The zero-order valence-electron chi connectivity index (χ0n) is 14.2. The summed E-state index contributed by atoms with van der Waals surface area (Å²) in [5.41, 5.74) is 1.35. The number of amides is 2. The maximum Gasteiger partial charge on any atom is 0.260 e. The van der Waals surface area contributed by atoms with Gasteiger partial charge in [-0.05, 0) is 48.9 Å². The van der Waals surface area contributed by atoms with E-state index in [9.17, 15) is 9.59 Å². The average molecular weight is 416 g/mol. The molecule has 1 N–H and O–H groups in total. The molecule has 5 nitrogen and oxygen atoms in total. The minimum absolute atomic E-state index is 0.123. The van der Waals surface area contributed by atoms with Crippen molar-refractivity contribution in [3.8, 4) is 5.75 Å². The van der Waals surface area contributed by atoms with Crippen LogP contribution in [0, 0.1) is 6.92 Å². The van der Waals surface area contributed by atoms with Crippen LogP contribution < -0.4 is 10.1 Å². The first kappa shape index (κ1) is 20.4. The Morgan fingerprint density at radius 2 is 1.73 bits per heavy atom. The molecular weight excluding hydrogens is 399 g/mol. The van der Waals surface area contributed by atoms with Crippen LogP contribution in [0.4, 0.5) is 5.69 Å². The van der Waals surface area contributed by atoms with Crippen molar-refractivity contribution < 1.29 is 14.3 Å². The smallest absolute Gasteiger partial charge is 0.260 e. The number of nitrogens with zero attached hydrogens (tertiary/aromatic N) is 1. The molecule has 2 aromatic carbocycles. The third kappa shape index (κ3) is 5.80. The van der Waals surface area contributed by atoms with Crippen molar-refractivity contribution in [2.75, 3.05) is 25.5 Å². The number of hydrogen-bond acceptors (Lipinski definition) is 3. The van der Waals surface area contributed by atoms with Crippen LogP contribution in [-0.2, 0) is 9.59 Å². The van der Waals surface area contributed by atoms with Crippen molar-refractivity contribution in [3.63, 3.8) is 0 Å². The summed E-state index contributed by atoms with van der Waals surface area (Å²) >= 11 is 17.7. The fourth-order valence-electron chi connectivity index (χ4n) is 2.04. The van der Waals surface area contributed by atoms with Crippen molar-refractivity contribution >= 4 is 52.3 Å². The van der Waals surface area contributed by atoms with Crippen LogP contribution in [0.5, 0.6) is 5.75 Å². The summed E-state index contributed by atoms with van der Waals surface area (Å²) in [4.78, 5) is 25.4. The highest BCUT2D eigenvalue weighted by Gasteiger charge is 2.14. The molecule has 2 aromatic rings. The molecule has 0 aliphatic carbocycles. The first-order valence-electron chi connectivity index (χ1n) is 7.64. The Balaban J connectivity index is 1.84. The first-order chi connectivity index (χ1) is 12.3. The van der Waals surface area contributed by atoms with Crippen molar-refractivity contribution in [3.05, 3.63) is 57.0 Å². The van der Waals surface area contributed by atoms with Crippen LogP contribution in [0.15, 0.2) is 36.4 Å². The van der Waals surface area contributed by atoms with Gasteiger partial charge in [0.1, 0.15) is 5.75 Å². The summed E-state index contributed by atoms with van der Waals surface area (Å²) in [5, 5.41) is 4.01. The van der Waals surface area contributed by atoms with Gasteiger partial charge in [0, 0.05) is 17.8 Å². The average Bonchev–Trinajstić information content (AvgIpc) is 2.58. The minimum Gasteiger partial charge on any atom is -0.484 e. The van der Waals surface area contributed by atoms with Gasteiger partial charge in [0.15, 0.2) is 6.61 Å². The molecule has 26 heavy (non-hydrogen) atoms. The van der Waals surface area contributed by atoms with Crippen LogP contribution in [0.1, 0.15) is 5.56 Å². The lowest BCUT2D eigenvalue weighted by Crippen LogP contribution is -2.37. The van der Waals surface area contributed by atoms with Gasteiger partial charge in [0.25, 0.3) is 5.91 Å². The van der Waals surface area contributed by atoms with Crippen molar-refractivity contribution in [1.82, 2.24) is 4.90 Å². The molecule has 0 fully saturated rings. The van der Waals surface area contributed by atoms with E-state index in [4.69, 9.17) is 39.5 Å². The number of aryl methyl sites for hydroxylation is 1. The molecule has 2 amide bonds. The Kier molecular flexibility index (Phi) is 7.14. The highest BCUT2D eigenvalue weighted by Crippen LogP contribution is 2.25. The number of ether oxygens (including phenoxy) is 1. The minimum atomic E-state index is -0.360. The second-order valence-electron chi connectivity index (χ2n) is 5.63.